The van der Waals surface area contributed by atoms with Crippen molar-refractivity contribution in [3.8, 4) is 0 Å². The third-order valence-electron chi connectivity index (χ3n) is 5.91. The summed E-state index contributed by atoms with van der Waals surface area (Å²) in [4.78, 5) is 0.440. The molecule has 0 saturated carbocycles. The molecule has 3 aromatic carbocycles. The molecule has 0 saturated heterocycles. The van der Waals surface area contributed by atoms with Gasteiger partial charge in [0.2, 0.25) is 20.0 Å². The van der Waals surface area contributed by atoms with Crippen molar-refractivity contribution in [3.05, 3.63) is 106 Å². The summed E-state index contributed by atoms with van der Waals surface area (Å²) in [6.07, 6.45) is 0. The molecule has 0 atom stereocenters. The van der Waals surface area contributed by atoms with Crippen LogP contribution in [-0.4, -0.2) is 34.2 Å². The fraction of sp³-hybridized carbons (Fsp3) is 0.222. The minimum absolute atomic E-state index is 0.0621. The molecule has 0 amide bonds. The van der Waals surface area contributed by atoms with Gasteiger partial charge in [-0.25, -0.2) is 21.6 Å². The molecule has 35 heavy (non-hydrogen) atoms. The summed E-state index contributed by atoms with van der Waals surface area (Å²) in [6, 6.07) is 21.1. The smallest absolute Gasteiger partial charge is 0.207 e. The molecule has 0 bridgehead atoms. The van der Waals surface area contributed by atoms with E-state index >= 15 is 0 Å². The van der Waals surface area contributed by atoms with Crippen molar-refractivity contribution in [1.29, 1.82) is 0 Å². The molecule has 0 radical (unpaired) electrons. The van der Waals surface area contributed by atoms with Gasteiger partial charge in [-0.2, -0.15) is 4.31 Å². The van der Waals surface area contributed by atoms with Gasteiger partial charge in [0, 0.05) is 25.2 Å². The highest BCUT2D eigenvalue weighted by Crippen LogP contribution is 2.31. The molecular formula is C27H28N2O4S2. The second-order valence-corrected chi connectivity index (χ2v) is 12.5. The summed E-state index contributed by atoms with van der Waals surface area (Å²) in [5, 5.41) is 0. The zero-order chi connectivity index (χ0) is 25.2. The van der Waals surface area contributed by atoms with Crippen LogP contribution in [0.3, 0.4) is 0 Å². The first-order chi connectivity index (χ1) is 16.6. The molecule has 182 valence electrons. The van der Waals surface area contributed by atoms with Gasteiger partial charge in [0.25, 0.3) is 0 Å². The van der Waals surface area contributed by atoms with Crippen LogP contribution in [0.25, 0.3) is 5.57 Å². The average molecular weight is 509 g/mol. The molecule has 0 aliphatic carbocycles. The third-order valence-corrected chi connectivity index (χ3v) is 9.13. The predicted molar refractivity (Wildman–Crippen MR) is 138 cm³/mol. The van der Waals surface area contributed by atoms with Crippen LogP contribution in [0.15, 0.2) is 93.9 Å². The summed E-state index contributed by atoms with van der Waals surface area (Å²) in [5.74, 6) is 0. The van der Waals surface area contributed by atoms with Gasteiger partial charge in [-0.3, -0.25) is 0 Å². The summed E-state index contributed by atoms with van der Waals surface area (Å²) in [7, 11) is -7.39. The van der Waals surface area contributed by atoms with E-state index in [9.17, 15) is 16.8 Å². The van der Waals surface area contributed by atoms with Gasteiger partial charge in [0.1, 0.15) is 0 Å². The van der Waals surface area contributed by atoms with Gasteiger partial charge in [-0.05, 0) is 61.7 Å². The van der Waals surface area contributed by atoms with E-state index < -0.39 is 20.0 Å². The number of nitrogens with one attached hydrogen (secondary N) is 1. The molecule has 6 nitrogen and oxygen atoms in total. The zero-order valence-corrected chi connectivity index (χ0v) is 21.6. The van der Waals surface area contributed by atoms with E-state index in [1.54, 1.807) is 55.5 Å². The Hall–Kier alpha value is -3.00. The molecule has 3 aromatic rings. The molecule has 1 aliphatic rings. The standard InChI is InChI=1S/C27H28N2O4S2/c1-20-8-12-25(13-9-20)34(30,31)28-17-22(3)16-24-19-29(18-23-6-4-5-7-27(23)24)35(32,33)26-14-10-21(2)11-15-26/h4-15,28H,17-19H2,1-3H3. The van der Waals surface area contributed by atoms with Crippen LogP contribution in [0.2, 0.25) is 0 Å². The molecule has 0 spiro atoms. The summed E-state index contributed by atoms with van der Waals surface area (Å²) >= 11 is 0. The Kier molecular flexibility index (Phi) is 7.12. The lowest BCUT2D eigenvalue weighted by Gasteiger charge is -2.29. The van der Waals surface area contributed by atoms with E-state index in [2.05, 4.69) is 10.5 Å². The SMILES string of the molecule is CC(=C=C1CN(S(=O)(=O)c2ccc(C)cc2)Cc2ccccc21)CNS(=O)(=O)c1ccc(C)cc1. The first-order valence-corrected chi connectivity index (χ1v) is 14.2. The number of rotatable bonds is 6. The predicted octanol–water partition coefficient (Wildman–Crippen LogP) is 4.42. The van der Waals surface area contributed by atoms with Crippen LogP contribution >= 0.6 is 0 Å². The van der Waals surface area contributed by atoms with Gasteiger partial charge in [0.05, 0.1) is 9.79 Å². The Morgan fingerprint density at radius 1 is 0.829 bits per heavy atom. The highest BCUT2D eigenvalue weighted by Gasteiger charge is 2.30. The van der Waals surface area contributed by atoms with Crippen molar-refractivity contribution in [2.45, 2.75) is 37.1 Å². The molecule has 1 heterocycles. The number of benzene rings is 3. The zero-order valence-electron chi connectivity index (χ0n) is 19.9. The first kappa shape index (κ1) is 25.1. The number of sulfonamides is 2. The Balaban J connectivity index is 1.64. The van der Waals surface area contributed by atoms with Crippen LogP contribution in [-0.2, 0) is 26.6 Å². The molecule has 4 rings (SSSR count). The minimum Gasteiger partial charge on any atom is -0.207 e. The van der Waals surface area contributed by atoms with Gasteiger partial charge >= 0.3 is 0 Å². The highest BCUT2D eigenvalue weighted by atomic mass is 32.2. The van der Waals surface area contributed by atoms with E-state index in [1.165, 1.54) is 4.31 Å². The molecule has 1 N–H and O–H groups in total. The summed E-state index contributed by atoms with van der Waals surface area (Å²) in [6.45, 7) is 6.06. The number of aryl methyl sites for hydroxylation is 2. The molecule has 0 unspecified atom stereocenters. The summed E-state index contributed by atoms with van der Waals surface area (Å²) in [5.41, 5.74) is 8.39. The van der Waals surface area contributed by atoms with Crippen molar-refractivity contribution in [2.24, 2.45) is 0 Å². The molecular weight excluding hydrogens is 480 g/mol. The van der Waals surface area contributed by atoms with E-state index in [1.807, 2.05) is 38.1 Å². The van der Waals surface area contributed by atoms with E-state index in [4.69, 9.17) is 0 Å². The lowest BCUT2D eigenvalue weighted by atomic mass is 9.96. The van der Waals surface area contributed by atoms with Gasteiger partial charge in [-0.15, -0.1) is 5.73 Å². The third kappa shape index (κ3) is 5.64. The number of hydrogen-bond acceptors (Lipinski definition) is 4. The second-order valence-electron chi connectivity index (χ2n) is 8.76. The monoisotopic (exact) mass is 508 g/mol. The molecule has 0 fully saturated rings. The van der Waals surface area contributed by atoms with Gasteiger partial charge in [-0.1, -0.05) is 59.7 Å². The van der Waals surface area contributed by atoms with Crippen LogP contribution in [0.1, 0.15) is 29.2 Å². The van der Waals surface area contributed by atoms with Crippen molar-refractivity contribution < 1.29 is 16.8 Å². The Morgan fingerprint density at radius 3 is 2.03 bits per heavy atom. The van der Waals surface area contributed by atoms with Crippen molar-refractivity contribution >= 4 is 25.6 Å². The largest absolute Gasteiger partial charge is 0.243 e. The van der Waals surface area contributed by atoms with Crippen LogP contribution in [0, 0.1) is 13.8 Å². The van der Waals surface area contributed by atoms with Crippen LogP contribution in [0.5, 0.6) is 0 Å². The maximum Gasteiger partial charge on any atom is 0.243 e. The van der Waals surface area contributed by atoms with Crippen LogP contribution in [0.4, 0.5) is 0 Å². The van der Waals surface area contributed by atoms with E-state index in [-0.39, 0.29) is 29.4 Å². The van der Waals surface area contributed by atoms with E-state index in [0.29, 0.717) is 11.1 Å². The normalized spacial score (nSPS) is 14.3. The highest BCUT2D eigenvalue weighted by molar-refractivity contribution is 7.89. The van der Waals surface area contributed by atoms with Crippen LogP contribution < -0.4 is 4.72 Å². The fourth-order valence-electron chi connectivity index (χ4n) is 3.90. The lowest BCUT2D eigenvalue weighted by molar-refractivity contribution is 0.434. The van der Waals surface area contributed by atoms with E-state index in [0.717, 1.165) is 22.3 Å². The minimum atomic E-state index is -3.71. The van der Waals surface area contributed by atoms with Crippen molar-refractivity contribution in [1.82, 2.24) is 9.03 Å². The maximum absolute atomic E-state index is 13.4. The lowest BCUT2D eigenvalue weighted by Crippen LogP contribution is -2.35. The number of hydrogen-bond donors (Lipinski definition) is 1. The molecule has 8 heteroatoms. The van der Waals surface area contributed by atoms with Crippen molar-refractivity contribution in [3.63, 3.8) is 0 Å². The van der Waals surface area contributed by atoms with Gasteiger partial charge in [0.15, 0.2) is 0 Å². The number of nitrogens with zero attached hydrogens (tertiary/aromatic N) is 1. The number of fused-ring (bicyclic) bond motifs is 1. The topological polar surface area (TPSA) is 83.6 Å². The molecule has 0 aromatic heterocycles. The first-order valence-electron chi connectivity index (χ1n) is 11.2. The summed E-state index contributed by atoms with van der Waals surface area (Å²) < 4.78 is 56.1. The quantitative estimate of drug-likeness (QED) is 0.500. The second kappa shape index (κ2) is 9.93. The van der Waals surface area contributed by atoms with Crippen molar-refractivity contribution in [2.75, 3.05) is 13.1 Å². The fourth-order valence-corrected chi connectivity index (χ4v) is 6.36. The Labute approximate surface area is 207 Å². The maximum atomic E-state index is 13.4. The Bertz CT molecular complexity index is 1520. The Morgan fingerprint density at radius 2 is 1.40 bits per heavy atom. The van der Waals surface area contributed by atoms with Gasteiger partial charge < -0.3 is 0 Å². The average Bonchev–Trinajstić information content (AvgIpc) is 2.83. The molecule has 1 aliphatic heterocycles.